The zero-order valence-corrected chi connectivity index (χ0v) is 27.3. The first kappa shape index (κ1) is 33.1. The van der Waals surface area contributed by atoms with Crippen molar-refractivity contribution in [2.75, 3.05) is 17.7 Å². The van der Waals surface area contributed by atoms with E-state index < -0.39 is 17.1 Å². The summed E-state index contributed by atoms with van der Waals surface area (Å²) in [7, 11) is 1.53. The average Bonchev–Trinajstić information content (AvgIpc) is 3.09. The molecule has 0 bridgehead atoms. The van der Waals surface area contributed by atoms with Gasteiger partial charge in [-0.2, -0.15) is 0 Å². The predicted octanol–water partition coefficient (Wildman–Crippen LogP) is 8.54. The van der Waals surface area contributed by atoms with Gasteiger partial charge in [0, 0.05) is 21.8 Å². The molecule has 3 N–H and O–H groups in total. The lowest BCUT2D eigenvalue weighted by molar-refractivity contribution is -0.116. The molecule has 0 fully saturated rings. The van der Waals surface area contributed by atoms with Crippen LogP contribution in [0.3, 0.4) is 0 Å². The molecular formula is C38H32ClN3O4S. The third kappa shape index (κ3) is 9.13. The van der Waals surface area contributed by atoms with Crippen LogP contribution in [0.1, 0.15) is 32.3 Å². The minimum atomic E-state index is -0.620. The summed E-state index contributed by atoms with van der Waals surface area (Å²) in [6.45, 7) is 1.98. The number of thioether (sulfide) groups is 1. The minimum absolute atomic E-state index is 0.0838. The van der Waals surface area contributed by atoms with Gasteiger partial charge in [0.15, 0.2) is 0 Å². The van der Waals surface area contributed by atoms with E-state index in [-0.39, 0.29) is 11.6 Å². The number of hydrogen-bond donors (Lipinski definition) is 3. The van der Waals surface area contributed by atoms with Crippen molar-refractivity contribution in [2.24, 2.45) is 0 Å². The summed E-state index contributed by atoms with van der Waals surface area (Å²) in [5, 5.41) is 8.39. The zero-order chi connectivity index (χ0) is 33.2. The van der Waals surface area contributed by atoms with Crippen molar-refractivity contribution in [3.8, 4) is 5.75 Å². The molecule has 7 nitrogen and oxygen atoms in total. The van der Waals surface area contributed by atoms with E-state index in [4.69, 9.17) is 16.3 Å². The molecule has 0 aliphatic heterocycles. The molecule has 0 radical (unpaired) electrons. The van der Waals surface area contributed by atoms with Crippen molar-refractivity contribution >= 4 is 58.5 Å². The Hall–Kier alpha value is -5.31. The number of aryl methyl sites for hydroxylation is 1. The molecule has 0 aliphatic rings. The quantitative estimate of drug-likeness (QED) is 0.0974. The number of carbonyl (C=O) groups is 3. The monoisotopic (exact) mass is 661 g/mol. The van der Waals surface area contributed by atoms with Crippen molar-refractivity contribution in [2.45, 2.75) is 17.1 Å². The van der Waals surface area contributed by atoms with Crippen LogP contribution < -0.4 is 20.7 Å². The fourth-order valence-corrected chi connectivity index (χ4v) is 5.95. The topological polar surface area (TPSA) is 96.5 Å². The highest BCUT2D eigenvalue weighted by atomic mass is 35.5. The molecule has 5 aromatic rings. The van der Waals surface area contributed by atoms with Gasteiger partial charge in [0.05, 0.1) is 12.1 Å². The van der Waals surface area contributed by atoms with E-state index >= 15 is 0 Å². The van der Waals surface area contributed by atoms with Crippen LogP contribution in [0.5, 0.6) is 5.75 Å². The standard InChI is InChI=1S/C38H32ClN3O4S/c1-25-16-18-26(19-17-25)22-33(42-36(43)28-12-7-4-8-13-28)37(44)40-29-14-9-15-31(23-29)47-35(27-10-5-3-6-11-27)38(45)41-30-20-21-34(46-2)32(39)24-30/h3-24,35H,1-2H3,(H,40,44)(H,41,45)(H,42,43)/b33-22-. The van der Waals surface area contributed by atoms with Gasteiger partial charge in [0.2, 0.25) is 5.91 Å². The highest BCUT2D eigenvalue weighted by molar-refractivity contribution is 8.00. The lowest BCUT2D eigenvalue weighted by Gasteiger charge is -2.18. The van der Waals surface area contributed by atoms with Crippen molar-refractivity contribution in [1.82, 2.24) is 5.32 Å². The van der Waals surface area contributed by atoms with Crippen LogP contribution in [-0.2, 0) is 9.59 Å². The first-order chi connectivity index (χ1) is 22.8. The number of amides is 3. The number of carbonyl (C=O) groups excluding carboxylic acids is 3. The summed E-state index contributed by atoms with van der Waals surface area (Å²) < 4.78 is 5.22. The predicted molar refractivity (Wildman–Crippen MR) is 190 cm³/mol. The SMILES string of the molecule is COc1ccc(NC(=O)C(Sc2cccc(NC(=O)/C(=C/c3ccc(C)cc3)NC(=O)c3ccccc3)c2)c2ccccc2)cc1Cl. The van der Waals surface area contributed by atoms with Crippen molar-refractivity contribution in [1.29, 1.82) is 0 Å². The fourth-order valence-electron chi connectivity index (χ4n) is 4.61. The molecule has 5 rings (SSSR count). The number of halogens is 1. The summed E-state index contributed by atoms with van der Waals surface area (Å²) in [6.07, 6.45) is 1.63. The molecule has 1 unspecified atom stereocenters. The second-order valence-electron chi connectivity index (χ2n) is 10.5. The van der Waals surface area contributed by atoms with Gasteiger partial charge in [-0.1, -0.05) is 96.0 Å². The number of hydrogen-bond acceptors (Lipinski definition) is 5. The highest BCUT2D eigenvalue weighted by Gasteiger charge is 2.23. The van der Waals surface area contributed by atoms with Gasteiger partial charge in [-0.05, 0) is 72.7 Å². The summed E-state index contributed by atoms with van der Waals surface area (Å²) in [6, 6.07) is 38.0. The molecule has 3 amide bonds. The lowest BCUT2D eigenvalue weighted by Crippen LogP contribution is -2.30. The number of benzene rings is 5. The van der Waals surface area contributed by atoms with Gasteiger partial charge >= 0.3 is 0 Å². The third-order valence-electron chi connectivity index (χ3n) is 7.02. The summed E-state index contributed by atoms with van der Waals surface area (Å²) >= 11 is 7.62. The number of anilines is 2. The van der Waals surface area contributed by atoms with E-state index in [0.29, 0.717) is 27.7 Å². The number of rotatable bonds is 11. The minimum Gasteiger partial charge on any atom is -0.495 e. The first-order valence-electron chi connectivity index (χ1n) is 14.7. The third-order valence-corrected chi connectivity index (χ3v) is 8.57. The smallest absolute Gasteiger partial charge is 0.272 e. The summed E-state index contributed by atoms with van der Waals surface area (Å²) in [4.78, 5) is 41.0. The van der Waals surface area contributed by atoms with E-state index in [9.17, 15) is 14.4 Å². The Morgan fingerprint density at radius 2 is 1.45 bits per heavy atom. The molecule has 236 valence electrons. The van der Waals surface area contributed by atoms with Gasteiger partial charge in [0.25, 0.3) is 11.8 Å². The van der Waals surface area contributed by atoms with Crippen molar-refractivity contribution in [3.05, 3.63) is 160 Å². The Morgan fingerprint density at radius 1 is 0.766 bits per heavy atom. The molecule has 0 heterocycles. The maximum absolute atomic E-state index is 13.6. The van der Waals surface area contributed by atoms with Crippen LogP contribution in [0.4, 0.5) is 11.4 Å². The second-order valence-corrected chi connectivity index (χ2v) is 12.1. The van der Waals surface area contributed by atoms with E-state index in [1.807, 2.05) is 73.7 Å². The first-order valence-corrected chi connectivity index (χ1v) is 16.0. The van der Waals surface area contributed by atoms with Crippen molar-refractivity contribution < 1.29 is 19.1 Å². The maximum Gasteiger partial charge on any atom is 0.272 e. The molecule has 5 aromatic carbocycles. The molecule has 0 aromatic heterocycles. The largest absolute Gasteiger partial charge is 0.495 e. The van der Waals surface area contributed by atoms with E-state index in [1.54, 1.807) is 66.7 Å². The molecule has 0 spiro atoms. The Morgan fingerprint density at radius 3 is 2.13 bits per heavy atom. The fraction of sp³-hybridized carbons (Fsp3) is 0.0789. The Kier molecular flexibility index (Phi) is 11.1. The van der Waals surface area contributed by atoms with Crippen LogP contribution in [0, 0.1) is 6.92 Å². The summed E-state index contributed by atoms with van der Waals surface area (Å²) in [5.74, 6) is -0.637. The maximum atomic E-state index is 13.6. The lowest BCUT2D eigenvalue weighted by atomic mass is 10.1. The van der Waals surface area contributed by atoms with E-state index in [0.717, 1.165) is 21.6 Å². The van der Waals surface area contributed by atoms with Crippen LogP contribution in [-0.4, -0.2) is 24.8 Å². The van der Waals surface area contributed by atoms with E-state index in [1.165, 1.54) is 18.9 Å². The Labute approximate surface area is 283 Å². The highest BCUT2D eigenvalue weighted by Crippen LogP contribution is 2.38. The van der Waals surface area contributed by atoms with Gasteiger partial charge in [-0.25, -0.2) is 0 Å². The van der Waals surface area contributed by atoms with Crippen LogP contribution in [0.15, 0.2) is 138 Å². The molecule has 0 saturated heterocycles. The van der Waals surface area contributed by atoms with Crippen LogP contribution in [0.25, 0.3) is 6.08 Å². The molecule has 1 atom stereocenters. The average molecular weight is 662 g/mol. The van der Waals surface area contributed by atoms with Gasteiger partial charge in [0.1, 0.15) is 16.7 Å². The number of nitrogens with one attached hydrogen (secondary N) is 3. The molecule has 9 heteroatoms. The summed E-state index contributed by atoms with van der Waals surface area (Å²) in [5.41, 5.74) is 4.18. The van der Waals surface area contributed by atoms with Crippen LogP contribution in [0.2, 0.25) is 5.02 Å². The van der Waals surface area contributed by atoms with Gasteiger partial charge in [-0.3, -0.25) is 14.4 Å². The van der Waals surface area contributed by atoms with E-state index in [2.05, 4.69) is 16.0 Å². The van der Waals surface area contributed by atoms with Gasteiger partial charge in [-0.15, -0.1) is 11.8 Å². The molecule has 47 heavy (non-hydrogen) atoms. The molecule has 0 aliphatic carbocycles. The van der Waals surface area contributed by atoms with Gasteiger partial charge < -0.3 is 20.7 Å². The number of ether oxygens (including phenoxy) is 1. The Bertz CT molecular complexity index is 1900. The molecular weight excluding hydrogens is 630 g/mol. The normalized spacial score (nSPS) is 11.7. The van der Waals surface area contributed by atoms with Crippen LogP contribution >= 0.6 is 23.4 Å². The number of methoxy groups -OCH3 is 1. The zero-order valence-electron chi connectivity index (χ0n) is 25.7. The van der Waals surface area contributed by atoms with Crippen molar-refractivity contribution in [3.63, 3.8) is 0 Å². The Balaban J connectivity index is 1.37. The molecule has 0 saturated carbocycles. The second kappa shape index (κ2) is 15.8.